The highest BCUT2D eigenvalue weighted by atomic mass is 19.1. The number of carbonyl (C=O) groups excluding carboxylic acids is 2. The van der Waals surface area contributed by atoms with Gasteiger partial charge in [0.05, 0.1) is 6.42 Å². The Labute approximate surface area is 105 Å². The molecule has 2 amide bonds. The van der Waals surface area contributed by atoms with E-state index in [0.717, 1.165) is 12.0 Å². The van der Waals surface area contributed by atoms with E-state index in [9.17, 15) is 14.0 Å². The number of likely N-dealkylation sites (tertiary alicyclic amines) is 1. The molecule has 18 heavy (non-hydrogen) atoms. The van der Waals surface area contributed by atoms with Crippen LogP contribution in [-0.4, -0.2) is 29.3 Å². The van der Waals surface area contributed by atoms with Crippen molar-refractivity contribution in [2.75, 3.05) is 6.54 Å². The van der Waals surface area contributed by atoms with E-state index in [0.29, 0.717) is 13.0 Å². The fraction of sp³-hybridized carbons (Fsp3) is 0.385. The molecule has 1 aliphatic heterocycles. The second kappa shape index (κ2) is 5.16. The van der Waals surface area contributed by atoms with Crippen LogP contribution in [0.25, 0.3) is 0 Å². The molecule has 0 saturated carbocycles. The number of rotatable bonds is 3. The van der Waals surface area contributed by atoms with Crippen LogP contribution in [0.3, 0.4) is 0 Å². The van der Waals surface area contributed by atoms with Crippen LogP contribution in [-0.2, 0) is 16.0 Å². The molecular formula is C13H15FN2O2. The molecule has 0 bridgehead atoms. The average molecular weight is 250 g/mol. The van der Waals surface area contributed by atoms with Gasteiger partial charge in [-0.1, -0.05) is 12.1 Å². The van der Waals surface area contributed by atoms with E-state index in [4.69, 9.17) is 5.73 Å². The number of nitrogens with two attached hydrogens (primary N) is 1. The number of hydrogen-bond donors (Lipinski definition) is 1. The molecule has 1 heterocycles. The second-order valence-corrected chi connectivity index (χ2v) is 4.45. The van der Waals surface area contributed by atoms with Gasteiger partial charge in [-0.25, -0.2) is 4.39 Å². The van der Waals surface area contributed by atoms with Gasteiger partial charge in [0.2, 0.25) is 11.8 Å². The van der Waals surface area contributed by atoms with Gasteiger partial charge in [-0.2, -0.15) is 0 Å². The summed E-state index contributed by atoms with van der Waals surface area (Å²) in [5, 5.41) is 0. The van der Waals surface area contributed by atoms with Crippen molar-refractivity contribution in [3.05, 3.63) is 35.6 Å². The van der Waals surface area contributed by atoms with Crippen LogP contribution in [0.15, 0.2) is 24.3 Å². The molecule has 0 aromatic heterocycles. The summed E-state index contributed by atoms with van der Waals surface area (Å²) >= 11 is 0. The van der Waals surface area contributed by atoms with Crippen LogP contribution in [0.1, 0.15) is 18.4 Å². The summed E-state index contributed by atoms with van der Waals surface area (Å²) < 4.78 is 12.7. The highest BCUT2D eigenvalue weighted by molar-refractivity contribution is 5.88. The van der Waals surface area contributed by atoms with Crippen LogP contribution in [0.4, 0.5) is 4.39 Å². The zero-order valence-corrected chi connectivity index (χ0v) is 9.93. The first-order valence-corrected chi connectivity index (χ1v) is 5.91. The Morgan fingerprint density at radius 2 is 2.00 bits per heavy atom. The molecule has 96 valence electrons. The molecule has 0 aliphatic carbocycles. The van der Waals surface area contributed by atoms with Gasteiger partial charge in [-0.3, -0.25) is 9.59 Å². The van der Waals surface area contributed by atoms with Crippen LogP contribution < -0.4 is 5.73 Å². The van der Waals surface area contributed by atoms with Gasteiger partial charge < -0.3 is 10.6 Å². The van der Waals surface area contributed by atoms with Crippen molar-refractivity contribution in [3.63, 3.8) is 0 Å². The Balaban J connectivity index is 2.03. The number of primary amides is 1. The SMILES string of the molecule is NC(=O)C1CCCN1C(=O)Cc1ccc(F)cc1. The minimum absolute atomic E-state index is 0.136. The van der Waals surface area contributed by atoms with E-state index >= 15 is 0 Å². The maximum absolute atomic E-state index is 12.7. The zero-order chi connectivity index (χ0) is 13.1. The maximum atomic E-state index is 12.7. The summed E-state index contributed by atoms with van der Waals surface area (Å²) in [6.07, 6.45) is 1.59. The van der Waals surface area contributed by atoms with Gasteiger partial charge in [0.25, 0.3) is 0 Å². The third-order valence-electron chi connectivity index (χ3n) is 3.17. The number of hydrogen-bond acceptors (Lipinski definition) is 2. The van der Waals surface area contributed by atoms with Crippen LogP contribution in [0.5, 0.6) is 0 Å². The molecule has 4 nitrogen and oxygen atoms in total. The molecule has 0 radical (unpaired) electrons. The largest absolute Gasteiger partial charge is 0.368 e. The summed E-state index contributed by atoms with van der Waals surface area (Å²) in [4.78, 5) is 24.8. The van der Waals surface area contributed by atoms with Gasteiger partial charge in [0.1, 0.15) is 11.9 Å². The molecule has 1 unspecified atom stereocenters. The monoisotopic (exact) mass is 250 g/mol. The Kier molecular flexibility index (Phi) is 3.60. The maximum Gasteiger partial charge on any atom is 0.240 e. The minimum Gasteiger partial charge on any atom is -0.368 e. The standard InChI is InChI=1S/C13H15FN2O2/c14-10-5-3-9(4-6-10)8-12(17)16-7-1-2-11(16)13(15)18/h3-6,11H,1-2,7-8H2,(H2,15,18). The lowest BCUT2D eigenvalue weighted by atomic mass is 10.1. The molecule has 1 aliphatic rings. The number of halogens is 1. The van der Waals surface area contributed by atoms with Crippen molar-refractivity contribution >= 4 is 11.8 Å². The molecule has 1 atom stereocenters. The predicted octanol–water partition coefficient (Wildman–Crippen LogP) is 0.844. The van der Waals surface area contributed by atoms with Crippen molar-refractivity contribution in [1.82, 2.24) is 4.90 Å². The molecule has 2 N–H and O–H groups in total. The first-order valence-electron chi connectivity index (χ1n) is 5.91. The Hall–Kier alpha value is -1.91. The van der Waals surface area contributed by atoms with Gasteiger partial charge in [-0.05, 0) is 30.5 Å². The zero-order valence-electron chi connectivity index (χ0n) is 9.93. The van der Waals surface area contributed by atoms with Crippen molar-refractivity contribution in [2.45, 2.75) is 25.3 Å². The Morgan fingerprint density at radius 3 is 2.61 bits per heavy atom. The van der Waals surface area contributed by atoms with Crippen LogP contribution in [0, 0.1) is 5.82 Å². The fourth-order valence-corrected chi connectivity index (χ4v) is 2.24. The molecular weight excluding hydrogens is 235 g/mol. The van der Waals surface area contributed by atoms with E-state index in [2.05, 4.69) is 0 Å². The van der Waals surface area contributed by atoms with Crippen molar-refractivity contribution < 1.29 is 14.0 Å². The van der Waals surface area contributed by atoms with Crippen LogP contribution >= 0.6 is 0 Å². The Morgan fingerprint density at radius 1 is 1.33 bits per heavy atom. The highest BCUT2D eigenvalue weighted by Gasteiger charge is 2.32. The molecule has 1 fully saturated rings. The number of amides is 2. The van der Waals surface area contributed by atoms with E-state index in [1.165, 1.54) is 17.0 Å². The first-order chi connectivity index (χ1) is 8.58. The summed E-state index contributed by atoms with van der Waals surface area (Å²) in [6, 6.07) is 5.29. The quantitative estimate of drug-likeness (QED) is 0.864. The molecule has 1 aromatic rings. The smallest absolute Gasteiger partial charge is 0.240 e. The number of benzene rings is 1. The average Bonchev–Trinajstić information content (AvgIpc) is 2.81. The summed E-state index contributed by atoms with van der Waals surface area (Å²) in [5.74, 6) is -0.926. The van der Waals surface area contributed by atoms with Gasteiger partial charge in [0.15, 0.2) is 0 Å². The third-order valence-corrected chi connectivity index (χ3v) is 3.17. The van der Waals surface area contributed by atoms with Crippen LogP contribution in [0.2, 0.25) is 0 Å². The van der Waals surface area contributed by atoms with Crippen molar-refractivity contribution in [2.24, 2.45) is 5.73 Å². The second-order valence-electron chi connectivity index (χ2n) is 4.45. The topological polar surface area (TPSA) is 63.4 Å². The lowest BCUT2D eigenvalue weighted by Gasteiger charge is -2.22. The van der Waals surface area contributed by atoms with E-state index < -0.39 is 11.9 Å². The predicted molar refractivity (Wildman–Crippen MR) is 64.0 cm³/mol. The third kappa shape index (κ3) is 2.67. The minimum atomic E-state index is -0.488. The van der Waals surface area contributed by atoms with E-state index in [1.54, 1.807) is 12.1 Å². The van der Waals surface area contributed by atoms with Gasteiger partial charge in [0, 0.05) is 6.54 Å². The lowest BCUT2D eigenvalue weighted by Crippen LogP contribution is -2.44. The molecule has 1 saturated heterocycles. The normalized spacial score (nSPS) is 18.9. The molecule has 2 rings (SSSR count). The van der Waals surface area contributed by atoms with E-state index in [-0.39, 0.29) is 18.1 Å². The number of nitrogens with zero attached hydrogens (tertiary/aromatic N) is 1. The van der Waals surface area contributed by atoms with E-state index in [1.807, 2.05) is 0 Å². The van der Waals surface area contributed by atoms with Crippen molar-refractivity contribution in [3.8, 4) is 0 Å². The van der Waals surface area contributed by atoms with Gasteiger partial charge >= 0.3 is 0 Å². The first kappa shape index (κ1) is 12.5. The Bertz CT molecular complexity index is 459. The summed E-state index contributed by atoms with van der Waals surface area (Å²) in [6.45, 7) is 0.563. The fourth-order valence-electron chi connectivity index (χ4n) is 2.24. The molecule has 5 heteroatoms. The summed E-state index contributed by atoms with van der Waals surface area (Å²) in [5.41, 5.74) is 5.99. The van der Waals surface area contributed by atoms with Gasteiger partial charge in [-0.15, -0.1) is 0 Å². The van der Waals surface area contributed by atoms with Crippen molar-refractivity contribution in [1.29, 1.82) is 0 Å². The molecule has 1 aromatic carbocycles. The highest BCUT2D eigenvalue weighted by Crippen LogP contribution is 2.18. The lowest BCUT2D eigenvalue weighted by molar-refractivity contribution is -0.136. The molecule has 0 spiro atoms. The summed E-state index contributed by atoms with van der Waals surface area (Å²) in [7, 11) is 0. The number of carbonyl (C=O) groups is 2.